The molecule has 0 fully saturated rings. The highest BCUT2D eigenvalue weighted by molar-refractivity contribution is 7.85. The van der Waals surface area contributed by atoms with Gasteiger partial charge in [-0.25, -0.2) is 4.39 Å². The van der Waals surface area contributed by atoms with Gasteiger partial charge in [0.1, 0.15) is 0 Å². The van der Waals surface area contributed by atoms with Crippen molar-refractivity contribution >= 4 is 23.1 Å². The molecule has 3 rings (SSSR count). The van der Waals surface area contributed by atoms with E-state index in [1.807, 2.05) is 84.9 Å². The molecule has 1 nitrogen and oxygen atoms in total. The molecule has 0 saturated carbocycles. The molecule has 0 bridgehead atoms. The summed E-state index contributed by atoms with van der Waals surface area (Å²) >= 11 is 0. The molecule has 0 saturated heterocycles. The average molecular weight is 336 g/mol. The first-order valence-corrected chi connectivity index (χ1v) is 9.52. The minimum Gasteiger partial charge on any atom is -0.309 e. The van der Waals surface area contributed by atoms with Crippen LogP contribution in [-0.2, 0) is 11.0 Å². The Labute approximate surface area is 141 Å². The van der Waals surface area contributed by atoms with E-state index in [0.29, 0.717) is 12.8 Å². The second-order valence-electron chi connectivity index (χ2n) is 5.51. The molecule has 3 heteroatoms. The van der Waals surface area contributed by atoms with Crippen molar-refractivity contribution in [2.75, 3.05) is 0 Å². The summed E-state index contributed by atoms with van der Waals surface area (Å²) in [5.74, 6) is 0. The highest BCUT2D eigenvalue weighted by Crippen LogP contribution is 2.42. The summed E-state index contributed by atoms with van der Waals surface area (Å²) < 4.78 is 26.2. The van der Waals surface area contributed by atoms with Gasteiger partial charge in [0.05, 0.1) is 6.33 Å². The fraction of sp³-hybridized carbons (Fsp3) is 0.0476. The maximum Gasteiger partial charge on any atom is 0.171 e. The molecule has 24 heavy (non-hydrogen) atoms. The molecule has 3 aromatic carbocycles. The van der Waals surface area contributed by atoms with Gasteiger partial charge in [-0.3, -0.25) is 0 Å². The fourth-order valence-electron chi connectivity index (χ4n) is 2.75. The normalized spacial score (nSPS) is 11.7. The summed E-state index contributed by atoms with van der Waals surface area (Å²) in [6.07, 6.45) is 2.54. The summed E-state index contributed by atoms with van der Waals surface area (Å²) in [4.78, 5) is 0. The summed E-state index contributed by atoms with van der Waals surface area (Å²) in [5.41, 5.74) is 0.986. The summed E-state index contributed by atoms with van der Waals surface area (Å²) in [6, 6.07) is 26.7. The van der Waals surface area contributed by atoms with Crippen molar-refractivity contribution in [3.63, 3.8) is 0 Å². The van der Waals surface area contributed by atoms with Crippen LogP contribution in [0.5, 0.6) is 0 Å². The molecule has 3 aromatic rings. The highest BCUT2D eigenvalue weighted by atomic mass is 31.2. The van der Waals surface area contributed by atoms with Crippen LogP contribution < -0.4 is 15.9 Å². The van der Waals surface area contributed by atoms with E-state index in [1.54, 1.807) is 0 Å². The van der Waals surface area contributed by atoms with Crippen LogP contribution >= 0.6 is 7.14 Å². The third-order valence-electron chi connectivity index (χ3n) is 3.98. The van der Waals surface area contributed by atoms with Crippen molar-refractivity contribution in [2.24, 2.45) is 0 Å². The molecule has 0 amide bonds. The Hall–Kier alpha value is -2.44. The molecule has 0 aliphatic heterocycles. The van der Waals surface area contributed by atoms with Crippen LogP contribution in [0.3, 0.4) is 0 Å². The van der Waals surface area contributed by atoms with E-state index < -0.39 is 7.14 Å². The summed E-state index contributed by atoms with van der Waals surface area (Å²) in [5, 5.41) is 2.41. The van der Waals surface area contributed by atoms with Crippen LogP contribution in [0.2, 0.25) is 0 Å². The number of hydrogen-bond acceptors (Lipinski definition) is 1. The van der Waals surface area contributed by atoms with Crippen molar-refractivity contribution in [1.29, 1.82) is 0 Å². The Kier molecular flexibility index (Phi) is 5.08. The third-order valence-corrected chi connectivity index (χ3v) is 7.06. The van der Waals surface area contributed by atoms with E-state index in [1.165, 1.54) is 6.08 Å². The molecule has 0 spiro atoms. The molecule has 0 aliphatic carbocycles. The lowest BCUT2D eigenvalue weighted by atomic mass is 10.1. The van der Waals surface area contributed by atoms with Crippen LogP contribution in [0.15, 0.2) is 97.3 Å². The number of allylic oxidation sites excluding steroid dienone is 1. The van der Waals surface area contributed by atoms with Crippen molar-refractivity contribution in [3.05, 3.63) is 103 Å². The Morgan fingerprint density at radius 3 is 1.62 bits per heavy atom. The van der Waals surface area contributed by atoms with Gasteiger partial charge in [-0.2, -0.15) is 0 Å². The van der Waals surface area contributed by atoms with Gasteiger partial charge in [0.15, 0.2) is 7.14 Å². The molecule has 120 valence electrons. The molecule has 0 radical (unpaired) electrons. The Bertz CT molecular complexity index is 812. The van der Waals surface area contributed by atoms with E-state index in [-0.39, 0.29) is 0 Å². The molecular weight excluding hydrogens is 318 g/mol. The van der Waals surface area contributed by atoms with Gasteiger partial charge in [-0.15, -0.1) is 0 Å². The minimum absolute atomic E-state index is 0.526. The van der Waals surface area contributed by atoms with Gasteiger partial charge < -0.3 is 4.57 Å². The SMILES string of the molecule is O=P(c1ccccc1)(c1ccccc1)c1ccc(CC=CF)cc1. The molecule has 0 N–H and O–H groups in total. The third kappa shape index (κ3) is 3.25. The van der Waals surface area contributed by atoms with Gasteiger partial charge in [0.2, 0.25) is 0 Å². The Morgan fingerprint density at radius 2 is 1.17 bits per heavy atom. The zero-order valence-corrected chi connectivity index (χ0v) is 14.1. The second kappa shape index (κ2) is 7.42. The van der Waals surface area contributed by atoms with Gasteiger partial charge in [0.25, 0.3) is 0 Å². The largest absolute Gasteiger partial charge is 0.309 e. The average Bonchev–Trinajstić information content (AvgIpc) is 2.67. The topological polar surface area (TPSA) is 17.1 Å². The first-order chi connectivity index (χ1) is 11.7. The second-order valence-corrected chi connectivity index (χ2v) is 8.28. The first-order valence-electron chi connectivity index (χ1n) is 7.81. The minimum atomic E-state index is -2.91. The smallest absolute Gasteiger partial charge is 0.171 e. The number of halogens is 1. The number of rotatable bonds is 5. The van der Waals surface area contributed by atoms with Crippen molar-refractivity contribution in [2.45, 2.75) is 6.42 Å². The highest BCUT2D eigenvalue weighted by Gasteiger charge is 2.29. The van der Waals surface area contributed by atoms with Crippen molar-refractivity contribution in [3.8, 4) is 0 Å². The standard InChI is InChI=1S/C21H18FOP/c22-17-7-8-18-13-15-21(16-14-18)24(23,19-9-3-1-4-10-19)20-11-5-2-6-12-20/h1-7,9-17H,8H2. The zero-order valence-electron chi connectivity index (χ0n) is 13.2. The van der Waals surface area contributed by atoms with E-state index in [0.717, 1.165) is 21.5 Å². The lowest BCUT2D eigenvalue weighted by Gasteiger charge is -2.20. The van der Waals surface area contributed by atoms with Crippen LogP contribution in [0.4, 0.5) is 4.39 Å². The van der Waals surface area contributed by atoms with Gasteiger partial charge in [0, 0.05) is 15.9 Å². The lowest BCUT2D eigenvalue weighted by Crippen LogP contribution is -2.24. The lowest BCUT2D eigenvalue weighted by molar-refractivity contribution is 0.592. The van der Waals surface area contributed by atoms with Crippen LogP contribution in [0.1, 0.15) is 5.56 Å². The molecule has 0 aromatic heterocycles. The summed E-state index contributed by atoms with van der Waals surface area (Å²) in [6.45, 7) is 0. The monoisotopic (exact) mass is 336 g/mol. The number of hydrogen-bond donors (Lipinski definition) is 0. The number of benzene rings is 3. The van der Waals surface area contributed by atoms with E-state index in [9.17, 15) is 8.96 Å². The summed E-state index contributed by atoms with van der Waals surface area (Å²) in [7, 11) is -2.91. The Balaban J connectivity index is 2.11. The van der Waals surface area contributed by atoms with E-state index >= 15 is 0 Å². The van der Waals surface area contributed by atoms with Crippen LogP contribution in [-0.4, -0.2) is 0 Å². The Morgan fingerprint density at radius 1 is 0.708 bits per heavy atom. The van der Waals surface area contributed by atoms with Gasteiger partial charge in [-0.1, -0.05) is 91.0 Å². The zero-order chi connectivity index (χ0) is 16.8. The van der Waals surface area contributed by atoms with Gasteiger partial charge >= 0.3 is 0 Å². The maximum atomic E-state index is 14.1. The molecular formula is C21H18FOP. The molecule has 0 aliphatic rings. The van der Waals surface area contributed by atoms with Crippen LogP contribution in [0, 0.1) is 0 Å². The van der Waals surface area contributed by atoms with Gasteiger partial charge in [-0.05, 0) is 12.0 Å². The van der Waals surface area contributed by atoms with Crippen LogP contribution in [0.25, 0.3) is 0 Å². The predicted molar refractivity (Wildman–Crippen MR) is 99.8 cm³/mol. The quantitative estimate of drug-likeness (QED) is 0.633. The predicted octanol–water partition coefficient (Wildman–Crippen LogP) is 4.35. The molecule has 0 heterocycles. The van der Waals surface area contributed by atoms with Crippen molar-refractivity contribution < 1.29 is 8.96 Å². The first kappa shape index (κ1) is 16.4. The van der Waals surface area contributed by atoms with Crippen molar-refractivity contribution in [1.82, 2.24) is 0 Å². The molecule has 0 unspecified atom stereocenters. The fourth-order valence-corrected chi connectivity index (χ4v) is 5.39. The molecule has 0 atom stereocenters. The van der Waals surface area contributed by atoms with E-state index in [2.05, 4.69) is 0 Å². The van der Waals surface area contributed by atoms with E-state index in [4.69, 9.17) is 0 Å². The maximum absolute atomic E-state index is 14.1.